The van der Waals surface area contributed by atoms with Crippen molar-refractivity contribution in [2.24, 2.45) is 0 Å². The molecule has 30 heavy (non-hydrogen) atoms. The lowest BCUT2D eigenvalue weighted by Gasteiger charge is -2.34. The number of hydrogen-bond acceptors (Lipinski definition) is 6. The van der Waals surface area contributed by atoms with Crippen LogP contribution in [0.5, 0.6) is 0 Å². The molecule has 2 aromatic carbocycles. The molecule has 0 spiro atoms. The molecule has 158 valence electrons. The average molecular weight is 411 g/mol. The third-order valence-electron chi connectivity index (χ3n) is 5.11. The predicted molar refractivity (Wildman–Crippen MR) is 112 cm³/mol. The van der Waals surface area contributed by atoms with Crippen LogP contribution in [-0.2, 0) is 11.2 Å². The summed E-state index contributed by atoms with van der Waals surface area (Å²) in [6, 6.07) is 14.0. The van der Waals surface area contributed by atoms with Gasteiger partial charge in [-0.25, -0.2) is 4.79 Å². The van der Waals surface area contributed by atoms with Crippen LogP contribution in [0.25, 0.3) is 0 Å². The molecule has 1 heterocycles. The highest BCUT2D eigenvalue weighted by molar-refractivity contribution is 5.99. The molecule has 1 fully saturated rings. The number of nitro groups is 1. The Bertz CT molecular complexity index is 908. The summed E-state index contributed by atoms with van der Waals surface area (Å²) < 4.78 is 4.93. The van der Waals surface area contributed by atoms with E-state index in [1.807, 2.05) is 18.2 Å². The first-order valence-electron chi connectivity index (χ1n) is 10.00. The molecule has 0 bridgehead atoms. The van der Waals surface area contributed by atoms with Gasteiger partial charge < -0.3 is 9.64 Å². The summed E-state index contributed by atoms with van der Waals surface area (Å²) in [6.45, 7) is 5.25. The quantitative estimate of drug-likeness (QED) is 0.395. The van der Waals surface area contributed by atoms with Gasteiger partial charge in [0, 0.05) is 50.4 Å². The molecule has 8 heteroatoms. The number of carbonyl (C=O) groups excluding carboxylic acids is 2. The average Bonchev–Trinajstić information content (AvgIpc) is 2.78. The first kappa shape index (κ1) is 21.4. The molecule has 1 saturated heterocycles. The fourth-order valence-electron chi connectivity index (χ4n) is 3.46. The van der Waals surface area contributed by atoms with Gasteiger partial charge in [0.1, 0.15) is 0 Å². The maximum absolute atomic E-state index is 12.9. The summed E-state index contributed by atoms with van der Waals surface area (Å²) in [6.07, 6.45) is 0.947. The first-order chi connectivity index (χ1) is 14.5. The van der Waals surface area contributed by atoms with Crippen molar-refractivity contribution in [1.82, 2.24) is 9.80 Å². The van der Waals surface area contributed by atoms with Gasteiger partial charge in [0.15, 0.2) is 0 Å². The Hall–Kier alpha value is -3.26. The van der Waals surface area contributed by atoms with Crippen LogP contribution in [0.4, 0.5) is 5.69 Å². The van der Waals surface area contributed by atoms with E-state index in [-0.39, 0.29) is 29.3 Å². The molecule has 0 atom stereocenters. The van der Waals surface area contributed by atoms with E-state index in [1.165, 1.54) is 17.7 Å². The number of benzene rings is 2. The molecule has 0 aliphatic carbocycles. The fraction of sp³-hybridized carbons (Fsp3) is 0.364. The number of non-ortho nitro benzene ring substituents is 1. The van der Waals surface area contributed by atoms with Gasteiger partial charge in [-0.05, 0) is 25.0 Å². The Morgan fingerprint density at radius 2 is 1.70 bits per heavy atom. The van der Waals surface area contributed by atoms with Crippen LogP contribution in [0, 0.1) is 10.1 Å². The fourth-order valence-corrected chi connectivity index (χ4v) is 3.46. The van der Waals surface area contributed by atoms with Crippen molar-refractivity contribution in [1.29, 1.82) is 0 Å². The number of nitro benzene ring substituents is 1. The molecule has 0 radical (unpaired) electrons. The van der Waals surface area contributed by atoms with Crippen LogP contribution in [-0.4, -0.2) is 65.9 Å². The summed E-state index contributed by atoms with van der Waals surface area (Å²) in [5, 5.41) is 11.2. The molecule has 1 amide bonds. The van der Waals surface area contributed by atoms with E-state index >= 15 is 0 Å². The number of esters is 1. The smallest absolute Gasteiger partial charge is 0.338 e. The maximum atomic E-state index is 12.9. The Morgan fingerprint density at radius 1 is 1.03 bits per heavy atom. The zero-order valence-corrected chi connectivity index (χ0v) is 17.0. The highest BCUT2D eigenvalue weighted by atomic mass is 16.6. The first-order valence-corrected chi connectivity index (χ1v) is 10.00. The molecular weight excluding hydrogens is 386 g/mol. The van der Waals surface area contributed by atoms with E-state index < -0.39 is 10.9 Å². The number of nitrogens with zero attached hydrogens (tertiary/aromatic N) is 3. The summed E-state index contributed by atoms with van der Waals surface area (Å²) in [7, 11) is 0. The molecule has 0 saturated carbocycles. The second kappa shape index (κ2) is 9.98. The molecule has 8 nitrogen and oxygen atoms in total. The number of rotatable bonds is 7. The van der Waals surface area contributed by atoms with E-state index in [1.54, 1.807) is 11.8 Å². The van der Waals surface area contributed by atoms with Crippen LogP contribution in [0.2, 0.25) is 0 Å². The van der Waals surface area contributed by atoms with E-state index in [4.69, 9.17) is 4.74 Å². The van der Waals surface area contributed by atoms with Crippen LogP contribution in [0.3, 0.4) is 0 Å². The van der Waals surface area contributed by atoms with Gasteiger partial charge in [0.05, 0.1) is 17.1 Å². The maximum Gasteiger partial charge on any atom is 0.338 e. The van der Waals surface area contributed by atoms with E-state index in [0.717, 1.165) is 32.1 Å². The molecular formula is C22H25N3O5. The number of carbonyl (C=O) groups is 2. The van der Waals surface area contributed by atoms with Crippen molar-refractivity contribution in [2.45, 2.75) is 13.3 Å². The van der Waals surface area contributed by atoms with Crippen LogP contribution in [0.1, 0.15) is 33.2 Å². The standard InChI is InChI=1S/C22H25N3O5/c1-2-30-22(27)19-14-18(15-20(16-19)25(28)29)21(26)24-12-10-23(11-13-24)9-8-17-6-4-3-5-7-17/h3-7,14-16H,2,8-13H2,1H3. The lowest BCUT2D eigenvalue weighted by molar-refractivity contribution is -0.384. The Morgan fingerprint density at radius 3 is 2.33 bits per heavy atom. The van der Waals surface area contributed by atoms with Crippen molar-refractivity contribution in [3.8, 4) is 0 Å². The number of hydrogen-bond donors (Lipinski definition) is 0. The normalized spacial score (nSPS) is 14.4. The molecule has 1 aliphatic heterocycles. The number of amides is 1. The highest BCUT2D eigenvalue weighted by Gasteiger charge is 2.25. The second-order valence-corrected chi connectivity index (χ2v) is 7.12. The van der Waals surface area contributed by atoms with Gasteiger partial charge in [-0.15, -0.1) is 0 Å². The topological polar surface area (TPSA) is 93.0 Å². The Balaban J connectivity index is 1.64. The zero-order chi connectivity index (χ0) is 21.5. The van der Waals surface area contributed by atoms with Gasteiger partial charge in [-0.1, -0.05) is 30.3 Å². The Kier molecular flexibility index (Phi) is 7.13. The zero-order valence-electron chi connectivity index (χ0n) is 17.0. The monoisotopic (exact) mass is 411 g/mol. The van der Waals surface area contributed by atoms with E-state index in [0.29, 0.717) is 13.1 Å². The molecule has 3 rings (SSSR count). The number of piperazine rings is 1. The second-order valence-electron chi connectivity index (χ2n) is 7.12. The molecule has 0 unspecified atom stereocenters. The minimum Gasteiger partial charge on any atom is -0.462 e. The molecule has 2 aromatic rings. The van der Waals surface area contributed by atoms with Crippen molar-refractivity contribution in [3.63, 3.8) is 0 Å². The molecule has 0 aromatic heterocycles. The Labute approximate surface area is 175 Å². The predicted octanol–water partition coefficient (Wildman–Crippen LogP) is 2.77. The van der Waals surface area contributed by atoms with Crippen LogP contribution >= 0.6 is 0 Å². The van der Waals surface area contributed by atoms with Gasteiger partial charge in [-0.2, -0.15) is 0 Å². The summed E-state index contributed by atoms with van der Waals surface area (Å²) in [5.41, 5.74) is 1.12. The highest BCUT2D eigenvalue weighted by Crippen LogP contribution is 2.20. The SMILES string of the molecule is CCOC(=O)c1cc(C(=O)N2CCN(CCc3ccccc3)CC2)cc([N+](=O)[O-])c1. The van der Waals surface area contributed by atoms with Gasteiger partial charge in [-0.3, -0.25) is 19.8 Å². The number of ether oxygens (including phenoxy) is 1. The minimum absolute atomic E-state index is 0.0101. The third kappa shape index (κ3) is 5.42. The van der Waals surface area contributed by atoms with Crippen molar-refractivity contribution >= 4 is 17.6 Å². The minimum atomic E-state index is -0.680. The van der Waals surface area contributed by atoms with Gasteiger partial charge >= 0.3 is 5.97 Å². The van der Waals surface area contributed by atoms with Crippen LogP contribution < -0.4 is 0 Å². The van der Waals surface area contributed by atoms with Crippen molar-refractivity contribution in [2.75, 3.05) is 39.3 Å². The third-order valence-corrected chi connectivity index (χ3v) is 5.11. The van der Waals surface area contributed by atoms with E-state index in [9.17, 15) is 19.7 Å². The van der Waals surface area contributed by atoms with Crippen LogP contribution in [0.15, 0.2) is 48.5 Å². The summed E-state index contributed by atoms with van der Waals surface area (Å²) in [4.78, 5) is 39.6. The largest absolute Gasteiger partial charge is 0.462 e. The van der Waals surface area contributed by atoms with Crippen molar-refractivity contribution < 1.29 is 19.2 Å². The van der Waals surface area contributed by atoms with Crippen molar-refractivity contribution in [3.05, 3.63) is 75.3 Å². The van der Waals surface area contributed by atoms with E-state index in [2.05, 4.69) is 17.0 Å². The lowest BCUT2D eigenvalue weighted by Crippen LogP contribution is -2.49. The lowest BCUT2D eigenvalue weighted by atomic mass is 10.1. The van der Waals surface area contributed by atoms with Gasteiger partial charge in [0.2, 0.25) is 0 Å². The molecule has 1 aliphatic rings. The van der Waals surface area contributed by atoms with Gasteiger partial charge in [0.25, 0.3) is 11.6 Å². The summed E-state index contributed by atoms with van der Waals surface area (Å²) in [5.74, 6) is -0.993. The molecule has 0 N–H and O–H groups in total. The summed E-state index contributed by atoms with van der Waals surface area (Å²) >= 11 is 0.